The van der Waals surface area contributed by atoms with Gasteiger partial charge in [0.15, 0.2) is 18.1 Å². The Kier molecular flexibility index (Phi) is 8.38. The lowest BCUT2D eigenvalue weighted by Crippen LogP contribution is -2.47. The van der Waals surface area contributed by atoms with Crippen molar-refractivity contribution in [3.8, 4) is 11.5 Å². The summed E-state index contributed by atoms with van der Waals surface area (Å²) in [5.74, 6) is 0.604. The van der Waals surface area contributed by atoms with Crippen molar-refractivity contribution in [3.05, 3.63) is 51.0 Å². The molecule has 1 fully saturated rings. The number of amides is 1. The zero-order valence-corrected chi connectivity index (χ0v) is 21.6. The van der Waals surface area contributed by atoms with Crippen molar-refractivity contribution < 1.29 is 19.0 Å². The summed E-state index contributed by atoms with van der Waals surface area (Å²) in [6.45, 7) is 7.23. The van der Waals surface area contributed by atoms with Crippen molar-refractivity contribution in [1.29, 1.82) is 0 Å². The van der Waals surface area contributed by atoms with Gasteiger partial charge in [-0.25, -0.2) is 0 Å². The van der Waals surface area contributed by atoms with Gasteiger partial charge in [-0.15, -0.1) is 0 Å². The van der Waals surface area contributed by atoms with Gasteiger partial charge in [0, 0.05) is 29.4 Å². The monoisotopic (exact) mass is 540 g/mol. The molecule has 0 spiro atoms. The van der Waals surface area contributed by atoms with E-state index in [-0.39, 0.29) is 24.7 Å². The molecule has 1 aliphatic rings. The Bertz CT molecular complexity index is 1010. The molecule has 1 N–H and O–H groups in total. The molecule has 0 aromatic heterocycles. The number of nitrogens with one attached hydrogen (secondary N) is 1. The quantitative estimate of drug-likeness (QED) is 0.506. The van der Waals surface area contributed by atoms with Crippen LogP contribution in [0.1, 0.15) is 25.0 Å². The fourth-order valence-electron chi connectivity index (χ4n) is 3.52. The molecule has 1 amide bonds. The number of carbonyl (C=O) groups is 1. The molecule has 2 aromatic carbocycles. The van der Waals surface area contributed by atoms with Gasteiger partial charge in [-0.05, 0) is 66.5 Å². The minimum absolute atomic E-state index is 0.103. The Labute approximate surface area is 207 Å². The Balaban J connectivity index is 1.70. The summed E-state index contributed by atoms with van der Waals surface area (Å²) in [5, 5.41) is 3.36. The number of carbonyl (C=O) groups excluding carboxylic acids is 1. The van der Waals surface area contributed by atoms with E-state index in [0.717, 1.165) is 24.2 Å². The molecular formula is C23H26BrClN2O4S. The first kappa shape index (κ1) is 24.8. The van der Waals surface area contributed by atoms with Gasteiger partial charge in [-0.1, -0.05) is 29.9 Å². The number of halogens is 2. The second kappa shape index (κ2) is 10.8. The van der Waals surface area contributed by atoms with Gasteiger partial charge in [-0.3, -0.25) is 4.79 Å². The predicted octanol–water partition coefficient (Wildman–Crippen LogP) is 5.22. The fraction of sp³-hybridized carbons (Fsp3) is 0.391. The summed E-state index contributed by atoms with van der Waals surface area (Å²) in [4.78, 5) is 15.2. The maximum Gasteiger partial charge on any atom is 0.262 e. The van der Waals surface area contributed by atoms with Gasteiger partial charge < -0.3 is 24.4 Å². The highest BCUT2D eigenvalue weighted by atomic mass is 79.9. The number of morpholine rings is 1. The average Bonchev–Trinajstić information content (AvgIpc) is 2.73. The number of methoxy groups -OCH3 is 1. The third-order valence-electron chi connectivity index (χ3n) is 4.99. The van der Waals surface area contributed by atoms with Gasteiger partial charge >= 0.3 is 0 Å². The van der Waals surface area contributed by atoms with Gasteiger partial charge in [0.25, 0.3) is 5.91 Å². The Morgan fingerprint density at radius 3 is 2.59 bits per heavy atom. The number of thiocarbonyl (C=S) groups is 1. The fourth-order valence-corrected chi connectivity index (χ4v) is 4.52. The lowest BCUT2D eigenvalue weighted by molar-refractivity contribution is -0.118. The topological polar surface area (TPSA) is 60.0 Å². The van der Waals surface area contributed by atoms with Crippen LogP contribution in [0.4, 0.5) is 5.69 Å². The normalized spacial score (nSPS) is 18.2. The smallest absolute Gasteiger partial charge is 0.262 e. The molecule has 32 heavy (non-hydrogen) atoms. The molecule has 9 heteroatoms. The van der Waals surface area contributed by atoms with Crippen molar-refractivity contribution in [2.45, 2.75) is 33.0 Å². The van der Waals surface area contributed by atoms with Gasteiger partial charge in [-0.2, -0.15) is 0 Å². The molecule has 1 heterocycles. The Morgan fingerprint density at radius 1 is 1.28 bits per heavy atom. The standard InChI is InChI=1S/C23H26BrClN2O4S/c1-13-5-6-17(9-19(13)25)26-21(28)12-30-22-18(24)7-16(8-20(22)29-4)23(32)27-10-14(2)31-15(3)11-27/h5-9,14-15H,10-12H2,1-4H3,(H,26,28)/t14-,15-/m1/s1. The maximum atomic E-state index is 12.4. The lowest BCUT2D eigenvalue weighted by Gasteiger charge is -2.37. The van der Waals surface area contributed by atoms with Crippen LogP contribution >= 0.6 is 39.7 Å². The predicted molar refractivity (Wildman–Crippen MR) is 134 cm³/mol. The molecular weight excluding hydrogens is 516 g/mol. The molecule has 1 aliphatic heterocycles. The van der Waals surface area contributed by atoms with E-state index in [4.69, 9.17) is 38.0 Å². The van der Waals surface area contributed by atoms with Crippen molar-refractivity contribution in [1.82, 2.24) is 4.90 Å². The number of anilines is 1. The summed E-state index contributed by atoms with van der Waals surface area (Å²) in [6.07, 6.45) is 0.207. The van der Waals surface area contributed by atoms with Gasteiger partial charge in [0.1, 0.15) is 4.99 Å². The van der Waals surface area contributed by atoms with Crippen molar-refractivity contribution in [2.24, 2.45) is 0 Å². The third-order valence-corrected chi connectivity index (χ3v) is 6.48. The number of ether oxygens (including phenoxy) is 3. The van der Waals surface area contributed by atoms with Crippen LogP contribution in [0.15, 0.2) is 34.8 Å². The van der Waals surface area contributed by atoms with Crippen LogP contribution in [-0.4, -0.2) is 54.8 Å². The van der Waals surface area contributed by atoms with E-state index >= 15 is 0 Å². The summed E-state index contributed by atoms with van der Waals surface area (Å²) < 4.78 is 17.7. The number of benzene rings is 2. The van der Waals surface area contributed by atoms with Crippen molar-refractivity contribution in [2.75, 3.05) is 32.1 Å². The average molecular weight is 542 g/mol. The van der Waals surface area contributed by atoms with Crippen LogP contribution in [0, 0.1) is 6.92 Å². The van der Waals surface area contributed by atoms with Crippen LogP contribution in [-0.2, 0) is 9.53 Å². The minimum atomic E-state index is -0.310. The lowest BCUT2D eigenvalue weighted by atomic mass is 10.1. The number of aryl methyl sites for hydroxylation is 1. The van der Waals surface area contributed by atoms with E-state index in [2.05, 4.69) is 26.1 Å². The minimum Gasteiger partial charge on any atom is -0.493 e. The molecule has 6 nitrogen and oxygen atoms in total. The summed E-state index contributed by atoms with van der Waals surface area (Å²) in [5.41, 5.74) is 2.37. The summed E-state index contributed by atoms with van der Waals surface area (Å²) >= 11 is 15.4. The third kappa shape index (κ3) is 6.13. The molecule has 172 valence electrons. The SMILES string of the molecule is COc1cc(C(=S)N2C[C@@H](C)O[C@H](C)C2)cc(Br)c1OCC(=O)Nc1ccc(C)c(Cl)c1. The molecule has 3 rings (SSSR count). The molecule has 0 saturated carbocycles. The van der Waals surface area contributed by atoms with E-state index in [1.54, 1.807) is 19.2 Å². The van der Waals surface area contributed by atoms with E-state index in [1.807, 2.05) is 39.0 Å². The zero-order valence-electron chi connectivity index (χ0n) is 18.4. The molecule has 2 aromatic rings. The molecule has 0 radical (unpaired) electrons. The molecule has 1 saturated heterocycles. The first-order valence-electron chi connectivity index (χ1n) is 10.2. The van der Waals surface area contributed by atoms with E-state index in [1.165, 1.54) is 0 Å². The number of hydrogen-bond donors (Lipinski definition) is 1. The maximum absolute atomic E-state index is 12.4. The Hall–Kier alpha value is -1.87. The summed E-state index contributed by atoms with van der Waals surface area (Å²) in [6, 6.07) is 9.04. The largest absolute Gasteiger partial charge is 0.493 e. The number of nitrogens with zero attached hydrogens (tertiary/aromatic N) is 1. The van der Waals surface area contributed by atoms with E-state index < -0.39 is 0 Å². The molecule has 0 bridgehead atoms. The second-order valence-corrected chi connectivity index (χ2v) is 9.41. The van der Waals surface area contributed by atoms with E-state index in [9.17, 15) is 4.79 Å². The van der Waals surface area contributed by atoms with Crippen molar-refractivity contribution >= 4 is 56.3 Å². The highest BCUT2D eigenvalue weighted by molar-refractivity contribution is 9.10. The van der Waals surface area contributed by atoms with Crippen LogP contribution in [0.25, 0.3) is 0 Å². The summed E-state index contributed by atoms with van der Waals surface area (Å²) in [7, 11) is 1.55. The first-order chi connectivity index (χ1) is 15.2. The van der Waals surface area contributed by atoms with E-state index in [0.29, 0.717) is 31.7 Å². The Morgan fingerprint density at radius 2 is 1.97 bits per heavy atom. The molecule has 0 aliphatic carbocycles. The molecule has 0 unspecified atom stereocenters. The number of hydrogen-bond acceptors (Lipinski definition) is 5. The second-order valence-electron chi connectivity index (χ2n) is 7.76. The van der Waals surface area contributed by atoms with Crippen LogP contribution in [0.2, 0.25) is 5.02 Å². The van der Waals surface area contributed by atoms with Crippen molar-refractivity contribution in [3.63, 3.8) is 0 Å². The van der Waals surface area contributed by atoms with Gasteiger partial charge in [0.2, 0.25) is 0 Å². The highest BCUT2D eigenvalue weighted by Crippen LogP contribution is 2.37. The highest BCUT2D eigenvalue weighted by Gasteiger charge is 2.25. The number of rotatable bonds is 6. The molecule has 2 atom stereocenters. The zero-order chi connectivity index (χ0) is 23.4. The van der Waals surface area contributed by atoms with Crippen LogP contribution in [0.3, 0.4) is 0 Å². The van der Waals surface area contributed by atoms with Crippen LogP contribution < -0.4 is 14.8 Å². The first-order valence-corrected chi connectivity index (χ1v) is 11.8. The van der Waals surface area contributed by atoms with Gasteiger partial charge in [0.05, 0.1) is 23.8 Å². The van der Waals surface area contributed by atoms with Crippen LogP contribution in [0.5, 0.6) is 11.5 Å².